The number of nitrogens with zero attached hydrogens (tertiary/aromatic N) is 1. The number of nitrogen functional groups attached to an aromatic ring is 1. The van der Waals surface area contributed by atoms with E-state index >= 15 is 0 Å². The third-order valence-electron chi connectivity index (χ3n) is 3.09. The zero-order valence-electron chi connectivity index (χ0n) is 13.8. The van der Waals surface area contributed by atoms with Crippen LogP contribution in [0, 0.1) is 0 Å². The fraction of sp³-hybridized carbons (Fsp3) is 0.333. The first-order valence-electron chi connectivity index (χ1n) is 7.60. The highest BCUT2D eigenvalue weighted by Crippen LogP contribution is 2.15. The fourth-order valence-electron chi connectivity index (χ4n) is 2.15. The molecule has 23 heavy (non-hydrogen) atoms. The van der Waals surface area contributed by atoms with Crippen LogP contribution in [-0.2, 0) is 17.6 Å². The molecule has 0 unspecified atom stereocenters. The molecule has 0 fully saturated rings. The molecule has 1 amide bonds. The van der Waals surface area contributed by atoms with Gasteiger partial charge in [0.25, 0.3) is 0 Å². The Labute approximate surface area is 136 Å². The average Bonchev–Trinajstić information content (AvgIpc) is 2.43. The molecular formula is C18H23N3O2. The van der Waals surface area contributed by atoms with Gasteiger partial charge >= 0.3 is 6.09 Å². The third-order valence-corrected chi connectivity index (χ3v) is 3.09. The summed E-state index contributed by atoms with van der Waals surface area (Å²) in [6.45, 7) is 5.48. The van der Waals surface area contributed by atoms with Crippen LogP contribution in [0.15, 0.2) is 42.7 Å². The molecule has 2 aromatic rings. The van der Waals surface area contributed by atoms with Crippen molar-refractivity contribution in [2.24, 2.45) is 0 Å². The SMILES string of the molecule is CC(C)(C)OC(=O)Nc1cncc(CCc2cccc(N)c2)c1. The van der Waals surface area contributed by atoms with Crippen molar-refractivity contribution in [2.75, 3.05) is 11.1 Å². The quantitative estimate of drug-likeness (QED) is 0.842. The van der Waals surface area contributed by atoms with Crippen molar-refractivity contribution in [1.82, 2.24) is 4.98 Å². The van der Waals surface area contributed by atoms with E-state index in [1.807, 2.05) is 51.1 Å². The number of hydrogen-bond acceptors (Lipinski definition) is 4. The number of aryl methyl sites for hydroxylation is 2. The number of nitrogens with two attached hydrogens (primary N) is 1. The normalized spacial score (nSPS) is 11.1. The van der Waals surface area contributed by atoms with Gasteiger partial charge < -0.3 is 10.5 Å². The molecule has 5 nitrogen and oxygen atoms in total. The van der Waals surface area contributed by atoms with Crippen LogP contribution in [0.5, 0.6) is 0 Å². The largest absolute Gasteiger partial charge is 0.444 e. The van der Waals surface area contributed by atoms with Gasteiger partial charge in [-0.15, -0.1) is 0 Å². The molecule has 0 saturated heterocycles. The predicted octanol–water partition coefficient (Wildman–Crippen LogP) is 3.80. The van der Waals surface area contributed by atoms with Crippen molar-refractivity contribution in [1.29, 1.82) is 0 Å². The van der Waals surface area contributed by atoms with Crippen LogP contribution in [0.2, 0.25) is 0 Å². The van der Waals surface area contributed by atoms with Gasteiger partial charge in [-0.3, -0.25) is 10.3 Å². The molecule has 0 aliphatic heterocycles. The summed E-state index contributed by atoms with van der Waals surface area (Å²) in [6.07, 6.45) is 4.61. The van der Waals surface area contributed by atoms with Crippen molar-refractivity contribution < 1.29 is 9.53 Å². The second kappa shape index (κ2) is 7.13. The van der Waals surface area contributed by atoms with E-state index in [-0.39, 0.29) is 0 Å². The predicted molar refractivity (Wildman–Crippen MR) is 92.4 cm³/mol. The van der Waals surface area contributed by atoms with Gasteiger partial charge in [0, 0.05) is 11.9 Å². The van der Waals surface area contributed by atoms with E-state index in [2.05, 4.69) is 10.3 Å². The molecule has 1 aromatic heterocycles. The molecule has 0 spiro atoms. The second-order valence-corrected chi connectivity index (χ2v) is 6.45. The van der Waals surface area contributed by atoms with Crippen LogP contribution in [0.4, 0.5) is 16.2 Å². The first-order chi connectivity index (χ1) is 10.8. The Morgan fingerprint density at radius 2 is 1.91 bits per heavy atom. The Balaban J connectivity index is 1.95. The minimum Gasteiger partial charge on any atom is -0.444 e. The third kappa shape index (κ3) is 5.98. The Hall–Kier alpha value is -2.56. The van der Waals surface area contributed by atoms with Gasteiger partial charge in [0.05, 0.1) is 11.9 Å². The lowest BCUT2D eigenvalue weighted by Gasteiger charge is -2.19. The number of aromatic nitrogens is 1. The van der Waals surface area contributed by atoms with Gasteiger partial charge in [0.1, 0.15) is 5.60 Å². The van der Waals surface area contributed by atoms with Crippen molar-refractivity contribution >= 4 is 17.5 Å². The topological polar surface area (TPSA) is 77.2 Å². The lowest BCUT2D eigenvalue weighted by atomic mass is 10.1. The van der Waals surface area contributed by atoms with E-state index in [0.717, 1.165) is 24.1 Å². The van der Waals surface area contributed by atoms with Crippen LogP contribution >= 0.6 is 0 Å². The molecule has 2 rings (SSSR count). The second-order valence-electron chi connectivity index (χ2n) is 6.45. The number of rotatable bonds is 4. The number of benzene rings is 1. The summed E-state index contributed by atoms with van der Waals surface area (Å²) in [5.41, 5.74) is 8.87. The van der Waals surface area contributed by atoms with Gasteiger partial charge in [-0.05, 0) is 62.9 Å². The summed E-state index contributed by atoms with van der Waals surface area (Å²) in [4.78, 5) is 16.0. The van der Waals surface area contributed by atoms with E-state index in [1.54, 1.807) is 12.4 Å². The first kappa shape index (κ1) is 16.8. The van der Waals surface area contributed by atoms with Gasteiger partial charge in [-0.25, -0.2) is 4.79 Å². The Morgan fingerprint density at radius 1 is 1.17 bits per heavy atom. The average molecular weight is 313 g/mol. The summed E-state index contributed by atoms with van der Waals surface area (Å²) in [6, 6.07) is 9.74. The standard InChI is InChI=1S/C18H23N3O2/c1-18(2,3)23-17(22)21-16-10-14(11-20-12-16)8-7-13-5-4-6-15(19)9-13/h4-6,9-12H,7-8,19H2,1-3H3,(H,21,22). The summed E-state index contributed by atoms with van der Waals surface area (Å²) >= 11 is 0. The maximum absolute atomic E-state index is 11.8. The highest BCUT2D eigenvalue weighted by molar-refractivity contribution is 5.84. The molecular weight excluding hydrogens is 290 g/mol. The molecule has 0 aliphatic carbocycles. The lowest BCUT2D eigenvalue weighted by molar-refractivity contribution is 0.0636. The minimum atomic E-state index is -0.525. The summed E-state index contributed by atoms with van der Waals surface area (Å²) in [5, 5.41) is 2.70. The molecule has 1 aromatic carbocycles. The van der Waals surface area contributed by atoms with E-state index in [9.17, 15) is 4.79 Å². The molecule has 0 atom stereocenters. The van der Waals surface area contributed by atoms with E-state index in [4.69, 9.17) is 10.5 Å². The van der Waals surface area contributed by atoms with E-state index < -0.39 is 11.7 Å². The smallest absolute Gasteiger partial charge is 0.412 e. The molecule has 0 bridgehead atoms. The molecule has 5 heteroatoms. The van der Waals surface area contributed by atoms with Crippen LogP contribution in [0.1, 0.15) is 31.9 Å². The number of ether oxygens (including phenoxy) is 1. The maximum Gasteiger partial charge on any atom is 0.412 e. The lowest BCUT2D eigenvalue weighted by Crippen LogP contribution is -2.27. The summed E-state index contributed by atoms with van der Waals surface area (Å²) in [5.74, 6) is 0. The van der Waals surface area contributed by atoms with Gasteiger partial charge in [0.15, 0.2) is 0 Å². The number of nitrogens with one attached hydrogen (secondary N) is 1. The van der Waals surface area contributed by atoms with Gasteiger partial charge in [-0.2, -0.15) is 0 Å². The highest BCUT2D eigenvalue weighted by Gasteiger charge is 2.16. The van der Waals surface area contributed by atoms with E-state index in [0.29, 0.717) is 5.69 Å². The Bertz CT molecular complexity index is 678. The minimum absolute atomic E-state index is 0.479. The summed E-state index contributed by atoms with van der Waals surface area (Å²) < 4.78 is 5.23. The molecule has 3 N–H and O–H groups in total. The molecule has 122 valence electrons. The fourth-order valence-corrected chi connectivity index (χ4v) is 2.15. The maximum atomic E-state index is 11.8. The molecule has 1 heterocycles. The number of amides is 1. The van der Waals surface area contributed by atoms with Gasteiger partial charge in [0.2, 0.25) is 0 Å². The van der Waals surface area contributed by atoms with Crippen LogP contribution in [0.25, 0.3) is 0 Å². The molecule has 0 aliphatic rings. The van der Waals surface area contributed by atoms with Crippen LogP contribution < -0.4 is 11.1 Å². The van der Waals surface area contributed by atoms with Crippen molar-refractivity contribution in [3.63, 3.8) is 0 Å². The number of anilines is 2. The number of hydrogen-bond donors (Lipinski definition) is 2. The number of carbonyl (C=O) groups is 1. The van der Waals surface area contributed by atoms with Crippen LogP contribution in [0.3, 0.4) is 0 Å². The Kier molecular flexibility index (Phi) is 5.21. The first-order valence-corrected chi connectivity index (χ1v) is 7.60. The van der Waals surface area contributed by atoms with Crippen molar-refractivity contribution in [3.05, 3.63) is 53.9 Å². The van der Waals surface area contributed by atoms with E-state index in [1.165, 1.54) is 5.56 Å². The van der Waals surface area contributed by atoms with Crippen molar-refractivity contribution in [2.45, 2.75) is 39.2 Å². The number of carbonyl (C=O) groups excluding carboxylic acids is 1. The summed E-state index contributed by atoms with van der Waals surface area (Å²) in [7, 11) is 0. The monoisotopic (exact) mass is 313 g/mol. The van der Waals surface area contributed by atoms with Crippen LogP contribution in [-0.4, -0.2) is 16.7 Å². The zero-order valence-corrected chi connectivity index (χ0v) is 13.8. The molecule has 0 saturated carbocycles. The Morgan fingerprint density at radius 3 is 2.61 bits per heavy atom. The zero-order chi connectivity index (χ0) is 16.9. The number of pyridine rings is 1. The van der Waals surface area contributed by atoms with Crippen molar-refractivity contribution in [3.8, 4) is 0 Å². The highest BCUT2D eigenvalue weighted by atomic mass is 16.6. The van der Waals surface area contributed by atoms with Gasteiger partial charge in [-0.1, -0.05) is 12.1 Å². The molecule has 0 radical (unpaired) electrons.